The summed E-state index contributed by atoms with van der Waals surface area (Å²) in [7, 11) is 0. The van der Waals surface area contributed by atoms with Crippen LogP contribution in [0, 0.1) is 0 Å². The molecule has 1 aliphatic rings. The topological polar surface area (TPSA) is 71.4 Å². The highest BCUT2D eigenvalue weighted by Gasteiger charge is 2.42. The van der Waals surface area contributed by atoms with Crippen LogP contribution < -0.4 is 20.3 Å². The van der Waals surface area contributed by atoms with Gasteiger partial charge >= 0.3 is 0 Å². The molecule has 3 heterocycles. The number of carbonyl (C=O) groups excluding carboxylic acids is 1. The first kappa shape index (κ1) is 27.4. The molecule has 1 fully saturated rings. The Balaban J connectivity index is 1.19. The molecule has 0 spiro atoms. The number of aromatic nitrogens is 2. The van der Waals surface area contributed by atoms with E-state index in [9.17, 15) is 4.79 Å². The monoisotopic (exact) mass is 595 g/mol. The number of pyridine rings is 1. The van der Waals surface area contributed by atoms with E-state index in [0.717, 1.165) is 22.8 Å². The third-order valence-electron chi connectivity index (χ3n) is 7.74. The second-order valence-electron chi connectivity index (χ2n) is 10.5. The highest BCUT2D eigenvalue weighted by molar-refractivity contribution is 7.80. The van der Waals surface area contributed by atoms with Gasteiger partial charge in [-0.05, 0) is 95.8 Å². The molecule has 6 aromatic rings. The first-order chi connectivity index (χ1) is 21.6. The van der Waals surface area contributed by atoms with Gasteiger partial charge in [-0.2, -0.15) is 0 Å². The maximum atomic E-state index is 12.6. The third kappa shape index (κ3) is 5.50. The zero-order valence-electron chi connectivity index (χ0n) is 23.7. The van der Waals surface area contributed by atoms with Gasteiger partial charge in [-0.3, -0.25) is 9.78 Å². The van der Waals surface area contributed by atoms with Crippen molar-refractivity contribution in [3.63, 3.8) is 0 Å². The Labute approximate surface area is 260 Å². The van der Waals surface area contributed by atoms with Crippen LogP contribution in [-0.4, -0.2) is 27.2 Å². The quantitative estimate of drug-likeness (QED) is 0.181. The zero-order chi connectivity index (χ0) is 29.9. The van der Waals surface area contributed by atoms with Crippen LogP contribution >= 0.6 is 12.2 Å². The van der Waals surface area contributed by atoms with Crippen LogP contribution in [0.3, 0.4) is 0 Å². The highest BCUT2D eigenvalue weighted by Crippen LogP contribution is 2.42. The summed E-state index contributed by atoms with van der Waals surface area (Å²) >= 11 is 5.95. The van der Waals surface area contributed by atoms with E-state index in [1.807, 2.05) is 72.8 Å². The Morgan fingerprint density at radius 3 is 2.36 bits per heavy atom. The number of hydrogen-bond donors (Lipinski definition) is 2. The minimum absolute atomic E-state index is 0.0779. The van der Waals surface area contributed by atoms with E-state index in [1.54, 1.807) is 6.20 Å². The van der Waals surface area contributed by atoms with Crippen LogP contribution in [0.5, 0.6) is 5.75 Å². The van der Waals surface area contributed by atoms with Crippen molar-refractivity contribution in [3.8, 4) is 11.4 Å². The fraction of sp³-hybridized carbons (Fsp3) is 0.0833. The molecule has 44 heavy (non-hydrogen) atoms. The van der Waals surface area contributed by atoms with Crippen molar-refractivity contribution >= 4 is 45.4 Å². The molecule has 2 aromatic heterocycles. The van der Waals surface area contributed by atoms with E-state index in [-0.39, 0.29) is 24.6 Å². The fourth-order valence-corrected chi connectivity index (χ4v) is 6.04. The van der Waals surface area contributed by atoms with Gasteiger partial charge in [0.2, 0.25) is 0 Å². The summed E-state index contributed by atoms with van der Waals surface area (Å²) in [6.07, 6.45) is 3.89. The smallest absolute Gasteiger partial charge is 0.262 e. The molecule has 7 rings (SSSR count). The average Bonchev–Trinajstić information content (AvgIpc) is 3.69. The molecule has 1 saturated heterocycles. The molecule has 4 aromatic carbocycles. The molecule has 0 radical (unpaired) electrons. The zero-order valence-corrected chi connectivity index (χ0v) is 24.5. The number of nitrogens with zero attached hydrogens (tertiary/aromatic N) is 3. The van der Waals surface area contributed by atoms with E-state index >= 15 is 0 Å². The third-order valence-corrected chi connectivity index (χ3v) is 8.05. The van der Waals surface area contributed by atoms with Crippen LogP contribution in [0.15, 0.2) is 140 Å². The number of amides is 1. The van der Waals surface area contributed by atoms with Crippen LogP contribution in [-0.2, 0) is 4.79 Å². The molecule has 216 valence electrons. The van der Waals surface area contributed by atoms with Crippen molar-refractivity contribution in [2.45, 2.75) is 12.1 Å². The molecule has 0 saturated carbocycles. The fourth-order valence-electron chi connectivity index (χ4n) is 5.70. The minimum Gasteiger partial charge on any atom is -0.484 e. The molecule has 0 aliphatic carbocycles. The van der Waals surface area contributed by atoms with Gasteiger partial charge in [-0.1, -0.05) is 54.6 Å². The normalized spacial score (nSPS) is 16.1. The predicted octanol–water partition coefficient (Wildman–Crippen LogP) is 7.22. The van der Waals surface area contributed by atoms with Crippen molar-refractivity contribution in [2.24, 2.45) is 0 Å². The van der Waals surface area contributed by atoms with Crippen molar-refractivity contribution in [3.05, 3.63) is 151 Å². The van der Waals surface area contributed by atoms with E-state index in [2.05, 4.69) is 80.9 Å². The molecular weight excluding hydrogens is 566 g/mol. The summed E-state index contributed by atoms with van der Waals surface area (Å²) in [5.74, 6) is 0.413. The van der Waals surface area contributed by atoms with Gasteiger partial charge in [0, 0.05) is 35.1 Å². The number of benzene rings is 4. The molecule has 1 amide bonds. The van der Waals surface area contributed by atoms with Crippen molar-refractivity contribution in [1.29, 1.82) is 0 Å². The second kappa shape index (κ2) is 12.0. The largest absolute Gasteiger partial charge is 0.484 e. The Bertz CT molecular complexity index is 1930. The van der Waals surface area contributed by atoms with Gasteiger partial charge in [0.15, 0.2) is 11.7 Å². The number of fused-ring (bicyclic) bond motifs is 1. The van der Waals surface area contributed by atoms with E-state index < -0.39 is 0 Å². The van der Waals surface area contributed by atoms with Crippen molar-refractivity contribution in [1.82, 2.24) is 14.9 Å². The molecule has 2 N–H and O–H groups in total. The van der Waals surface area contributed by atoms with Gasteiger partial charge in [-0.15, -0.1) is 0 Å². The Kier molecular flexibility index (Phi) is 7.48. The number of rotatable bonds is 8. The Morgan fingerprint density at radius 1 is 0.818 bits per heavy atom. The number of carbonyl (C=O) groups is 1. The molecular formula is C36H29N5O2S. The number of para-hydroxylation sites is 1. The van der Waals surface area contributed by atoms with Crippen molar-refractivity contribution in [2.75, 3.05) is 16.8 Å². The Hall–Kier alpha value is -5.47. The summed E-state index contributed by atoms with van der Waals surface area (Å²) in [5.41, 5.74) is 4.60. The lowest BCUT2D eigenvalue weighted by atomic mass is 10.0. The second-order valence-corrected chi connectivity index (χ2v) is 10.9. The maximum Gasteiger partial charge on any atom is 0.262 e. The number of anilines is 2. The van der Waals surface area contributed by atoms with E-state index in [4.69, 9.17) is 21.9 Å². The number of hydrogen-bond acceptors (Lipinski definition) is 4. The van der Waals surface area contributed by atoms with Gasteiger partial charge < -0.3 is 24.8 Å². The molecule has 0 unspecified atom stereocenters. The molecule has 7 nitrogen and oxygen atoms in total. The van der Waals surface area contributed by atoms with Crippen LogP contribution in [0.2, 0.25) is 0 Å². The van der Waals surface area contributed by atoms with E-state index in [1.165, 1.54) is 10.8 Å². The van der Waals surface area contributed by atoms with Gasteiger partial charge in [0.25, 0.3) is 5.91 Å². The summed E-state index contributed by atoms with van der Waals surface area (Å²) in [6.45, 7) is -0.0779. The lowest BCUT2D eigenvalue weighted by Crippen LogP contribution is -2.30. The summed E-state index contributed by atoms with van der Waals surface area (Å²) in [4.78, 5) is 19.4. The standard InChI is InChI=1S/C36H29N5O2S/c42-33(24-43-30-11-2-1-3-12-30)38-27-16-19-28(20-17-27)41-35(34(39-36(41)44)31-13-6-7-21-37-31)32-14-8-22-40(32)29-18-15-25-9-4-5-10-26(25)23-29/h1-23,34-35H,24H2,(H,38,42)(H,39,44)/t34-,35+/m1/s1. The molecule has 2 atom stereocenters. The molecule has 8 heteroatoms. The molecule has 0 bridgehead atoms. The van der Waals surface area contributed by atoms with Crippen LogP contribution in [0.25, 0.3) is 16.5 Å². The first-order valence-corrected chi connectivity index (χ1v) is 14.8. The Morgan fingerprint density at radius 2 is 1.57 bits per heavy atom. The number of nitrogens with one attached hydrogen (secondary N) is 2. The predicted molar refractivity (Wildman–Crippen MR) is 178 cm³/mol. The number of thiocarbonyl (C=S) groups is 1. The van der Waals surface area contributed by atoms with E-state index in [0.29, 0.717) is 16.5 Å². The first-order valence-electron chi connectivity index (χ1n) is 14.4. The lowest BCUT2D eigenvalue weighted by Gasteiger charge is -2.29. The average molecular weight is 596 g/mol. The summed E-state index contributed by atoms with van der Waals surface area (Å²) in [5, 5.41) is 9.43. The molecule has 1 aliphatic heterocycles. The maximum absolute atomic E-state index is 12.6. The number of ether oxygens (including phenoxy) is 1. The SMILES string of the molecule is O=C(COc1ccccc1)Nc1ccc(N2C(=S)N[C@H](c3ccccn3)[C@@H]2c2cccn2-c2ccc3ccccc3c2)cc1. The summed E-state index contributed by atoms with van der Waals surface area (Å²) in [6, 6.07) is 41.6. The van der Waals surface area contributed by atoms with Crippen LogP contribution in [0.1, 0.15) is 23.5 Å². The van der Waals surface area contributed by atoms with Crippen molar-refractivity contribution < 1.29 is 9.53 Å². The van der Waals surface area contributed by atoms with Crippen LogP contribution in [0.4, 0.5) is 11.4 Å². The summed E-state index contributed by atoms with van der Waals surface area (Å²) < 4.78 is 7.80. The van der Waals surface area contributed by atoms with Gasteiger partial charge in [0.1, 0.15) is 11.8 Å². The van der Waals surface area contributed by atoms with Gasteiger partial charge in [-0.25, -0.2) is 0 Å². The van der Waals surface area contributed by atoms with Gasteiger partial charge in [0.05, 0.1) is 11.7 Å². The minimum atomic E-state index is -0.235. The lowest BCUT2D eigenvalue weighted by molar-refractivity contribution is -0.118. The highest BCUT2D eigenvalue weighted by atomic mass is 32.1.